The van der Waals surface area contributed by atoms with Crippen LogP contribution in [0.5, 0.6) is 5.75 Å². The molecular formula is C11H10F3N3OS. The summed E-state index contributed by atoms with van der Waals surface area (Å²) in [6, 6.07) is 5.77. The fourth-order valence-electron chi connectivity index (χ4n) is 1.43. The number of halogens is 3. The second-order valence-corrected chi connectivity index (χ2v) is 5.00. The highest BCUT2D eigenvalue weighted by Crippen LogP contribution is 2.33. The molecule has 0 fully saturated rings. The highest BCUT2D eigenvalue weighted by atomic mass is 32.2. The molecule has 19 heavy (non-hydrogen) atoms. The van der Waals surface area contributed by atoms with E-state index >= 15 is 0 Å². The Morgan fingerprint density at radius 1 is 1.26 bits per heavy atom. The predicted octanol–water partition coefficient (Wildman–Crippen LogP) is 3.56. The number of H-pyrrole nitrogens is 1. The standard InChI is InChI=1S/C11H10F3N3OS/c1-7(19-10-15-6-16-17-10)8-2-4-9(5-3-8)18-11(12,13)14/h2-7H,1H3,(H,15,16,17)/t7-/m1/s1. The first-order valence-electron chi connectivity index (χ1n) is 5.32. The number of hydrogen-bond acceptors (Lipinski definition) is 4. The Hall–Kier alpha value is -1.70. The lowest BCUT2D eigenvalue weighted by atomic mass is 10.2. The maximum absolute atomic E-state index is 12.0. The summed E-state index contributed by atoms with van der Waals surface area (Å²) in [7, 11) is 0. The number of alkyl halides is 3. The zero-order valence-corrected chi connectivity index (χ0v) is 10.6. The lowest BCUT2D eigenvalue weighted by Crippen LogP contribution is -2.17. The molecule has 0 spiro atoms. The van der Waals surface area contributed by atoms with Gasteiger partial charge in [-0.2, -0.15) is 5.10 Å². The van der Waals surface area contributed by atoms with Crippen molar-refractivity contribution >= 4 is 11.8 Å². The normalized spacial score (nSPS) is 13.3. The molecule has 0 aliphatic rings. The maximum Gasteiger partial charge on any atom is 0.573 e. The van der Waals surface area contributed by atoms with Gasteiger partial charge in [-0.05, 0) is 24.6 Å². The van der Waals surface area contributed by atoms with Crippen molar-refractivity contribution < 1.29 is 17.9 Å². The number of rotatable bonds is 4. The summed E-state index contributed by atoms with van der Waals surface area (Å²) in [5.74, 6) is -0.229. The Morgan fingerprint density at radius 3 is 2.47 bits per heavy atom. The Labute approximate surface area is 111 Å². The summed E-state index contributed by atoms with van der Waals surface area (Å²) < 4.78 is 39.8. The summed E-state index contributed by atoms with van der Waals surface area (Å²) in [5, 5.41) is 7.12. The van der Waals surface area contributed by atoms with E-state index in [1.165, 1.54) is 30.2 Å². The molecule has 0 saturated heterocycles. The van der Waals surface area contributed by atoms with Crippen LogP contribution in [0.25, 0.3) is 0 Å². The molecular weight excluding hydrogens is 279 g/mol. The average Bonchev–Trinajstić information content (AvgIpc) is 2.80. The van der Waals surface area contributed by atoms with E-state index < -0.39 is 6.36 Å². The van der Waals surface area contributed by atoms with Crippen LogP contribution in [0.15, 0.2) is 35.7 Å². The smallest absolute Gasteiger partial charge is 0.406 e. The van der Waals surface area contributed by atoms with E-state index in [9.17, 15) is 13.2 Å². The zero-order valence-electron chi connectivity index (χ0n) is 9.81. The summed E-state index contributed by atoms with van der Waals surface area (Å²) in [6.07, 6.45) is -3.27. The molecule has 0 amide bonds. The summed E-state index contributed by atoms with van der Waals surface area (Å²) in [4.78, 5) is 3.97. The van der Waals surface area contributed by atoms with Crippen LogP contribution in [0.1, 0.15) is 17.7 Å². The second kappa shape index (κ2) is 5.52. The first-order chi connectivity index (χ1) is 8.94. The van der Waals surface area contributed by atoms with Gasteiger partial charge in [-0.3, -0.25) is 5.10 Å². The molecule has 0 radical (unpaired) electrons. The van der Waals surface area contributed by atoms with Gasteiger partial charge < -0.3 is 4.74 Å². The van der Waals surface area contributed by atoms with E-state index in [0.29, 0.717) is 5.16 Å². The van der Waals surface area contributed by atoms with Crippen molar-refractivity contribution in [3.8, 4) is 5.75 Å². The topological polar surface area (TPSA) is 50.8 Å². The van der Waals surface area contributed by atoms with Gasteiger partial charge >= 0.3 is 6.36 Å². The zero-order chi connectivity index (χ0) is 13.9. The van der Waals surface area contributed by atoms with E-state index in [0.717, 1.165) is 5.56 Å². The lowest BCUT2D eigenvalue weighted by Gasteiger charge is -2.12. The van der Waals surface area contributed by atoms with Crippen LogP contribution in [0, 0.1) is 0 Å². The fraction of sp³-hybridized carbons (Fsp3) is 0.273. The molecule has 8 heteroatoms. The van der Waals surface area contributed by atoms with Crippen LogP contribution in [0.4, 0.5) is 13.2 Å². The molecule has 0 aliphatic heterocycles. The number of benzene rings is 1. The predicted molar refractivity (Wildman–Crippen MR) is 63.8 cm³/mol. The number of thioether (sulfide) groups is 1. The highest BCUT2D eigenvalue weighted by molar-refractivity contribution is 7.99. The largest absolute Gasteiger partial charge is 0.573 e. The molecule has 1 N–H and O–H groups in total. The second-order valence-electron chi connectivity index (χ2n) is 3.67. The fourth-order valence-corrected chi connectivity index (χ4v) is 2.27. The lowest BCUT2D eigenvalue weighted by molar-refractivity contribution is -0.274. The van der Waals surface area contributed by atoms with Crippen molar-refractivity contribution in [1.82, 2.24) is 15.2 Å². The third-order valence-corrected chi connectivity index (χ3v) is 3.31. The summed E-state index contributed by atoms with van der Waals surface area (Å²) >= 11 is 1.43. The molecule has 0 saturated carbocycles. The van der Waals surface area contributed by atoms with Gasteiger partial charge in [0.1, 0.15) is 12.1 Å². The number of nitrogens with zero attached hydrogens (tertiary/aromatic N) is 2. The van der Waals surface area contributed by atoms with Crippen LogP contribution in [-0.2, 0) is 0 Å². The van der Waals surface area contributed by atoms with Gasteiger partial charge in [-0.1, -0.05) is 23.9 Å². The van der Waals surface area contributed by atoms with Crippen molar-refractivity contribution in [3.63, 3.8) is 0 Å². The van der Waals surface area contributed by atoms with E-state index in [1.807, 2.05) is 6.92 Å². The molecule has 2 rings (SSSR count). The van der Waals surface area contributed by atoms with Crippen molar-refractivity contribution in [1.29, 1.82) is 0 Å². The molecule has 1 aromatic heterocycles. The third-order valence-electron chi connectivity index (χ3n) is 2.26. The van der Waals surface area contributed by atoms with Crippen LogP contribution < -0.4 is 4.74 Å². The van der Waals surface area contributed by atoms with Crippen LogP contribution >= 0.6 is 11.8 Å². The maximum atomic E-state index is 12.0. The molecule has 1 heterocycles. The van der Waals surface area contributed by atoms with Gasteiger partial charge in [0.05, 0.1) is 0 Å². The molecule has 1 atom stereocenters. The monoisotopic (exact) mass is 289 g/mol. The number of ether oxygens (including phenoxy) is 1. The molecule has 0 aliphatic carbocycles. The third kappa shape index (κ3) is 4.16. The minimum Gasteiger partial charge on any atom is -0.406 e. The van der Waals surface area contributed by atoms with Crippen molar-refractivity contribution in [2.24, 2.45) is 0 Å². The van der Waals surface area contributed by atoms with E-state index in [2.05, 4.69) is 19.9 Å². The molecule has 2 aromatic rings. The van der Waals surface area contributed by atoms with E-state index in [4.69, 9.17) is 0 Å². The van der Waals surface area contributed by atoms with E-state index in [1.54, 1.807) is 12.1 Å². The van der Waals surface area contributed by atoms with Gasteiger partial charge in [0, 0.05) is 5.25 Å². The molecule has 0 unspecified atom stereocenters. The first kappa shape index (κ1) is 13.7. The Kier molecular flexibility index (Phi) is 3.98. The SMILES string of the molecule is C[C@@H](Sc1ncn[nH]1)c1ccc(OC(F)(F)F)cc1. The highest BCUT2D eigenvalue weighted by Gasteiger charge is 2.31. The minimum absolute atomic E-state index is 0.0351. The number of nitrogens with one attached hydrogen (secondary N) is 1. The summed E-state index contributed by atoms with van der Waals surface area (Å²) in [6.45, 7) is 1.92. The van der Waals surface area contributed by atoms with Crippen LogP contribution in [-0.4, -0.2) is 21.5 Å². The Bertz CT molecular complexity index is 513. The van der Waals surface area contributed by atoms with E-state index in [-0.39, 0.29) is 11.0 Å². The van der Waals surface area contributed by atoms with Gasteiger partial charge in [0.15, 0.2) is 5.16 Å². The Balaban J connectivity index is 2.01. The van der Waals surface area contributed by atoms with Gasteiger partial charge in [-0.25, -0.2) is 4.98 Å². The average molecular weight is 289 g/mol. The minimum atomic E-state index is -4.66. The van der Waals surface area contributed by atoms with Gasteiger partial charge in [0.2, 0.25) is 0 Å². The number of hydrogen-bond donors (Lipinski definition) is 1. The van der Waals surface area contributed by atoms with Gasteiger partial charge in [0.25, 0.3) is 0 Å². The van der Waals surface area contributed by atoms with Crippen molar-refractivity contribution in [2.75, 3.05) is 0 Å². The quantitative estimate of drug-likeness (QED) is 0.874. The molecule has 1 aromatic carbocycles. The summed E-state index contributed by atoms with van der Waals surface area (Å²) in [5.41, 5.74) is 0.871. The molecule has 102 valence electrons. The number of aromatic nitrogens is 3. The van der Waals surface area contributed by atoms with Crippen molar-refractivity contribution in [3.05, 3.63) is 36.2 Å². The molecule has 4 nitrogen and oxygen atoms in total. The van der Waals surface area contributed by atoms with Crippen molar-refractivity contribution in [2.45, 2.75) is 23.7 Å². The first-order valence-corrected chi connectivity index (χ1v) is 6.20. The number of aromatic amines is 1. The molecule has 0 bridgehead atoms. The Morgan fingerprint density at radius 2 is 1.95 bits per heavy atom. The van der Waals surface area contributed by atoms with Gasteiger partial charge in [-0.15, -0.1) is 13.2 Å². The van der Waals surface area contributed by atoms with Crippen LogP contribution in [0.2, 0.25) is 0 Å². The van der Waals surface area contributed by atoms with Crippen LogP contribution in [0.3, 0.4) is 0 Å².